The molecule has 0 aromatic heterocycles. The van der Waals surface area contributed by atoms with Gasteiger partial charge in [-0.25, -0.2) is 0 Å². The van der Waals surface area contributed by atoms with Gasteiger partial charge < -0.3 is 10.1 Å². The van der Waals surface area contributed by atoms with Gasteiger partial charge in [-0.15, -0.1) is 0 Å². The Morgan fingerprint density at radius 2 is 1.95 bits per heavy atom. The maximum atomic E-state index is 5.34. The lowest BCUT2D eigenvalue weighted by Crippen LogP contribution is -2.48. The molecular weight excluding hydrogens is 260 g/mol. The number of hydrogen-bond donors (Lipinski definition) is 1. The van der Waals surface area contributed by atoms with E-state index in [0.717, 1.165) is 25.6 Å². The van der Waals surface area contributed by atoms with Crippen LogP contribution in [0.15, 0.2) is 0 Å². The summed E-state index contributed by atoms with van der Waals surface area (Å²) in [6.07, 6.45) is 5.37. The Bertz CT molecular complexity index is 278. The van der Waals surface area contributed by atoms with Gasteiger partial charge >= 0.3 is 0 Å². The zero-order valence-electron chi connectivity index (χ0n) is 15.2. The molecule has 2 atom stereocenters. The lowest BCUT2D eigenvalue weighted by molar-refractivity contribution is 0.0723. The second kappa shape index (κ2) is 9.12. The van der Waals surface area contributed by atoms with Gasteiger partial charge in [-0.2, -0.15) is 0 Å². The first-order valence-corrected chi connectivity index (χ1v) is 8.88. The summed E-state index contributed by atoms with van der Waals surface area (Å²) in [6.45, 7) is 15.8. The molecule has 21 heavy (non-hydrogen) atoms. The van der Waals surface area contributed by atoms with Crippen LogP contribution >= 0.6 is 0 Å². The first kappa shape index (κ1) is 18.9. The summed E-state index contributed by atoms with van der Waals surface area (Å²) in [5.74, 6) is 0.922. The topological polar surface area (TPSA) is 24.5 Å². The minimum atomic E-state index is 0.357. The van der Waals surface area contributed by atoms with E-state index in [1.807, 2.05) is 7.11 Å². The summed E-state index contributed by atoms with van der Waals surface area (Å²) in [6, 6.07) is 1.27. The Balaban J connectivity index is 2.64. The van der Waals surface area contributed by atoms with Crippen LogP contribution in [-0.4, -0.2) is 50.3 Å². The SMILES string of the molecule is CCCC(C)(CNC(C)C)CN(CCOC)C(C)C1CC1. The molecule has 3 heteroatoms. The molecular formula is C18H38N2O. The highest BCUT2D eigenvalue weighted by molar-refractivity contribution is 4.89. The summed E-state index contributed by atoms with van der Waals surface area (Å²) < 4.78 is 5.34. The van der Waals surface area contributed by atoms with Crippen molar-refractivity contribution in [2.75, 3.05) is 33.4 Å². The van der Waals surface area contributed by atoms with Crippen molar-refractivity contribution in [2.24, 2.45) is 11.3 Å². The van der Waals surface area contributed by atoms with Crippen LogP contribution in [0.4, 0.5) is 0 Å². The molecule has 0 amide bonds. The number of hydrogen-bond acceptors (Lipinski definition) is 3. The van der Waals surface area contributed by atoms with E-state index < -0.39 is 0 Å². The van der Waals surface area contributed by atoms with Gasteiger partial charge in [0.05, 0.1) is 6.61 Å². The summed E-state index contributed by atoms with van der Waals surface area (Å²) in [5.41, 5.74) is 0.357. The van der Waals surface area contributed by atoms with E-state index in [-0.39, 0.29) is 0 Å². The molecule has 126 valence electrons. The van der Waals surface area contributed by atoms with Crippen molar-refractivity contribution in [3.63, 3.8) is 0 Å². The summed E-state index contributed by atoms with van der Waals surface area (Å²) in [4.78, 5) is 2.68. The van der Waals surface area contributed by atoms with Gasteiger partial charge in [0.2, 0.25) is 0 Å². The minimum absolute atomic E-state index is 0.357. The predicted molar refractivity (Wildman–Crippen MR) is 91.8 cm³/mol. The minimum Gasteiger partial charge on any atom is -0.383 e. The van der Waals surface area contributed by atoms with Crippen molar-refractivity contribution < 1.29 is 4.74 Å². The van der Waals surface area contributed by atoms with Crippen LogP contribution in [0.3, 0.4) is 0 Å². The van der Waals surface area contributed by atoms with E-state index in [1.165, 1.54) is 32.2 Å². The monoisotopic (exact) mass is 298 g/mol. The maximum Gasteiger partial charge on any atom is 0.0589 e. The highest BCUT2D eigenvalue weighted by atomic mass is 16.5. The molecule has 0 heterocycles. The molecule has 0 aromatic carbocycles. The van der Waals surface area contributed by atoms with E-state index in [4.69, 9.17) is 4.74 Å². The molecule has 0 saturated heterocycles. The highest BCUT2D eigenvalue weighted by Gasteiger charge is 2.35. The smallest absolute Gasteiger partial charge is 0.0589 e. The molecule has 0 spiro atoms. The average Bonchev–Trinajstić information content (AvgIpc) is 3.25. The second-order valence-corrected chi connectivity index (χ2v) is 7.64. The predicted octanol–water partition coefficient (Wildman–Crippen LogP) is 3.54. The quantitative estimate of drug-likeness (QED) is 0.596. The van der Waals surface area contributed by atoms with Gasteiger partial charge in [-0.1, -0.05) is 34.1 Å². The van der Waals surface area contributed by atoms with Crippen LogP contribution < -0.4 is 5.32 Å². The van der Waals surface area contributed by atoms with Crippen molar-refractivity contribution in [1.29, 1.82) is 0 Å². The van der Waals surface area contributed by atoms with Gasteiger partial charge in [0.1, 0.15) is 0 Å². The Kier molecular flexibility index (Phi) is 8.22. The lowest BCUT2D eigenvalue weighted by atomic mass is 9.84. The summed E-state index contributed by atoms with van der Waals surface area (Å²) in [5, 5.41) is 3.66. The van der Waals surface area contributed by atoms with Crippen molar-refractivity contribution in [1.82, 2.24) is 10.2 Å². The average molecular weight is 299 g/mol. The van der Waals surface area contributed by atoms with Gasteiger partial charge in [0.25, 0.3) is 0 Å². The fourth-order valence-electron chi connectivity index (χ4n) is 3.28. The number of nitrogens with one attached hydrogen (secondary N) is 1. The van der Waals surface area contributed by atoms with Crippen LogP contribution in [0.2, 0.25) is 0 Å². The molecule has 0 bridgehead atoms. The van der Waals surface area contributed by atoms with Crippen LogP contribution in [0.25, 0.3) is 0 Å². The fraction of sp³-hybridized carbons (Fsp3) is 1.00. The Hall–Kier alpha value is -0.120. The first-order valence-electron chi connectivity index (χ1n) is 8.88. The second-order valence-electron chi connectivity index (χ2n) is 7.64. The summed E-state index contributed by atoms with van der Waals surface area (Å²) >= 11 is 0. The maximum absolute atomic E-state index is 5.34. The van der Waals surface area contributed by atoms with Gasteiger partial charge in [-0.3, -0.25) is 4.90 Å². The van der Waals surface area contributed by atoms with Crippen LogP contribution in [0.1, 0.15) is 60.3 Å². The zero-order chi connectivity index (χ0) is 15.9. The number of nitrogens with zero attached hydrogens (tertiary/aromatic N) is 1. The van der Waals surface area contributed by atoms with Crippen LogP contribution in [-0.2, 0) is 4.74 Å². The summed E-state index contributed by atoms with van der Waals surface area (Å²) in [7, 11) is 1.81. The molecule has 1 saturated carbocycles. The van der Waals surface area contributed by atoms with Crippen molar-refractivity contribution in [3.8, 4) is 0 Å². The van der Waals surface area contributed by atoms with Crippen molar-refractivity contribution >= 4 is 0 Å². The van der Waals surface area contributed by atoms with E-state index >= 15 is 0 Å². The molecule has 1 rings (SSSR count). The molecule has 1 aliphatic carbocycles. The van der Waals surface area contributed by atoms with Gasteiger partial charge in [-0.05, 0) is 37.5 Å². The van der Waals surface area contributed by atoms with E-state index in [2.05, 4.69) is 44.8 Å². The molecule has 0 radical (unpaired) electrons. The van der Waals surface area contributed by atoms with E-state index in [0.29, 0.717) is 17.5 Å². The first-order chi connectivity index (χ1) is 9.91. The highest BCUT2D eigenvalue weighted by Crippen LogP contribution is 2.36. The number of methoxy groups -OCH3 is 1. The van der Waals surface area contributed by atoms with E-state index in [9.17, 15) is 0 Å². The third kappa shape index (κ3) is 7.12. The molecule has 2 unspecified atom stereocenters. The Morgan fingerprint density at radius 1 is 1.29 bits per heavy atom. The fourth-order valence-corrected chi connectivity index (χ4v) is 3.28. The lowest BCUT2D eigenvalue weighted by Gasteiger charge is -2.39. The van der Waals surface area contributed by atoms with Crippen molar-refractivity contribution in [2.45, 2.75) is 72.4 Å². The largest absolute Gasteiger partial charge is 0.383 e. The molecule has 1 fully saturated rings. The molecule has 1 N–H and O–H groups in total. The number of rotatable bonds is 12. The molecule has 3 nitrogen and oxygen atoms in total. The molecule has 1 aliphatic rings. The van der Waals surface area contributed by atoms with Gasteiger partial charge in [0, 0.05) is 38.8 Å². The van der Waals surface area contributed by atoms with E-state index in [1.54, 1.807) is 0 Å². The Labute approximate surface area is 132 Å². The molecule has 0 aromatic rings. The van der Waals surface area contributed by atoms with Crippen molar-refractivity contribution in [3.05, 3.63) is 0 Å². The van der Waals surface area contributed by atoms with Gasteiger partial charge in [0.15, 0.2) is 0 Å². The number of ether oxygens (including phenoxy) is 1. The van der Waals surface area contributed by atoms with Crippen LogP contribution in [0.5, 0.6) is 0 Å². The third-order valence-electron chi connectivity index (χ3n) is 4.84. The standard InChI is InChI=1S/C18H38N2O/c1-7-10-18(5,13-19-15(2)3)14-20(11-12-21-6)16(4)17-8-9-17/h15-17,19H,7-14H2,1-6H3. The van der Waals surface area contributed by atoms with Crippen LogP contribution in [0, 0.1) is 11.3 Å². The Morgan fingerprint density at radius 3 is 2.43 bits per heavy atom. The third-order valence-corrected chi connectivity index (χ3v) is 4.84. The zero-order valence-corrected chi connectivity index (χ0v) is 15.2. The normalized spacial score (nSPS) is 20.0. The molecule has 0 aliphatic heterocycles.